The quantitative estimate of drug-likeness (QED) is 0.868. The number of hydrogen-bond acceptors (Lipinski definition) is 4. The molecule has 0 spiro atoms. The molecule has 2 N–H and O–H groups in total. The first-order valence-corrected chi connectivity index (χ1v) is 5.70. The molecule has 0 amide bonds. The van der Waals surface area contributed by atoms with E-state index in [9.17, 15) is 5.11 Å². The first kappa shape index (κ1) is 12.3. The van der Waals surface area contributed by atoms with Crippen LogP contribution in [0.5, 0.6) is 11.5 Å². The Morgan fingerprint density at radius 1 is 1.44 bits per heavy atom. The number of aryl methyl sites for hydroxylation is 1. The third-order valence-corrected chi connectivity index (χ3v) is 3.00. The Morgan fingerprint density at radius 2 is 2.22 bits per heavy atom. The highest BCUT2D eigenvalue weighted by Crippen LogP contribution is 2.28. The predicted octanol–water partition coefficient (Wildman–Crippen LogP) is 2.05. The lowest BCUT2D eigenvalue weighted by Crippen LogP contribution is -2.01. The number of nitrogens with one attached hydrogen (secondary N) is 1. The number of phenols is 1. The molecule has 2 rings (SSSR count). The Hall–Kier alpha value is -2.17. The average Bonchev–Trinajstić information content (AvgIpc) is 2.68. The van der Waals surface area contributed by atoms with E-state index in [0.29, 0.717) is 12.3 Å². The van der Waals surface area contributed by atoms with Crippen molar-refractivity contribution in [3.63, 3.8) is 0 Å². The summed E-state index contributed by atoms with van der Waals surface area (Å²) in [5, 5.41) is 17.1. The van der Waals surface area contributed by atoms with Crippen molar-refractivity contribution in [2.45, 2.75) is 13.5 Å². The van der Waals surface area contributed by atoms with Crippen LogP contribution in [0.4, 0.5) is 5.69 Å². The molecule has 0 unspecified atom stereocenters. The number of ether oxygens (including phenoxy) is 1. The molecule has 0 aliphatic heterocycles. The molecule has 0 aliphatic carbocycles. The van der Waals surface area contributed by atoms with E-state index in [0.717, 1.165) is 16.9 Å². The number of hydrogen-bond donors (Lipinski definition) is 2. The molecule has 1 aromatic heterocycles. The van der Waals surface area contributed by atoms with E-state index in [-0.39, 0.29) is 5.75 Å². The van der Waals surface area contributed by atoms with Gasteiger partial charge in [0.25, 0.3) is 0 Å². The molecule has 5 nitrogen and oxygen atoms in total. The minimum absolute atomic E-state index is 0.130. The maximum Gasteiger partial charge on any atom is 0.160 e. The van der Waals surface area contributed by atoms with Gasteiger partial charge in [-0.25, -0.2) is 0 Å². The van der Waals surface area contributed by atoms with Crippen molar-refractivity contribution in [2.24, 2.45) is 7.05 Å². The van der Waals surface area contributed by atoms with Gasteiger partial charge in [-0.1, -0.05) is 0 Å². The second-order valence-electron chi connectivity index (χ2n) is 4.12. The maximum absolute atomic E-state index is 9.67. The summed E-state index contributed by atoms with van der Waals surface area (Å²) >= 11 is 0. The van der Waals surface area contributed by atoms with E-state index in [4.69, 9.17) is 4.74 Å². The fourth-order valence-corrected chi connectivity index (χ4v) is 1.71. The van der Waals surface area contributed by atoms with E-state index in [1.807, 2.05) is 30.9 Å². The summed E-state index contributed by atoms with van der Waals surface area (Å²) in [6, 6.07) is 5.24. The van der Waals surface area contributed by atoms with E-state index >= 15 is 0 Å². The molecule has 0 radical (unpaired) electrons. The Bertz CT molecular complexity index is 549. The van der Waals surface area contributed by atoms with Crippen LogP contribution in [0.2, 0.25) is 0 Å². The standard InChI is InChI=1S/C13H17N3O2/c1-9-10(8-15-16(9)2)7-14-11-4-5-13(18-3)12(17)6-11/h4-6,8,14,17H,7H2,1-3H3. The maximum atomic E-state index is 9.67. The lowest BCUT2D eigenvalue weighted by atomic mass is 10.2. The normalized spacial score (nSPS) is 10.4. The van der Waals surface area contributed by atoms with Crippen LogP contribution >= 0.6 is 0 Å². The predicted molar refractivity (Wildman–Crippen MR) is 69.9 cm³/mol. The van der Waals surface area contributed by atoms with Gasteiger partial charge < -0.3 is 15.2 Å². The van der Waals surface area contributed by atoms with Gasteiger partial charge in [-0.05, 0) is 19.1 Å². The van der Waals surface area contributed by atoms with Gasteiger partial charge in [0.15, 0.2) is 11.5 Å². The highest BCUT2D eigenvalue weighted by molar-refractivity contribution is 5.54. The molecule has 0 bridgehead atoms. The van der Waals surface area contributed by atoms with Crippen LogP contribution in [-0.4, -0.2) is 22.0 Å². The molecular weight excluding hydrogens is 230 g/mol. The molecule has 5 heteroatoms. The third-order valence-electron chi connectivity index (χ3n) is 3.00. The molecule has 0 fully saturated rings. The first-order valence-electron chi connectivity index (χ1n) is 5.70. The molecular formula is C13H17N3O2. The van der Waals surface area contributed by atoms with Gasteiger partial charge in [0.1, 0.15) is 0 Å². The largest absolute Gasteiger partial charge is 0.504 e. The molecule has 18 heavy (non-hydrogen) atoms. The van der Waals surface area contributed by atoms with Crippen molar-refractivity contribution in [1.82, 2.24) is 9.78 Å². The van der Waals surface area contributed by atoms with Crippen LogP contribution in [0.15, 0.2) is 24.4 Å². The molecule has 2 aromatic rings. The monoisotopic (exact) mass is 247 g/mol. The second kappa shape index (κ2) is 5.00. The van der Waals surface area contributed by atoms with Gasteiger partial charge in [0.05, 0.1) is 13.3 Å². The zero-order valence-electron chi connectivity index (χ0n) is 10.8. The average molecular weight is 247 g/mol. The van der Waals surface area contributed by atoms with E-state index in [1.165, 1.54) is 7.11 Å². The number of aromatic hydroxyl groups is 1. The van der Waals surface area contributed by atoms with Crippen LogP contribution in [0.25, 0.3) is 0 Å². The molecule has 0 saturated carbocycles. The first-order chi connectivity index (χ1) is 8.61. The number of rotatable bonds is 4. The Kier molecular flexibility index (Phi) is 3.41. The highest BCUT2D eigenvalue weighted by Gasteiger charge is 2.05. The van der Waals surface area contributed by atoms with E-state index in [1.54, 1.807) is 12.1 Å². The van der Waals surface area contributed by atoms with Gasteiger partial charge in [-0.15, -0.1) is 0 Å². The summed E-state index contributed by atoms with van der Waals surface area (Å²) in [6.45, 7) is 2.70. The number of phenolic OH excluding ortho intramolecular Hbond substituents is 1. The number of aromatic nitrogens is 2. The van der Waals surface area contributed by atoms with Crippen molar-refractivity contribution in [3.8, 4) is 11.5 Å². The zero-order valence-corrected chi connectivity index (χ0v) is 10.8. The van der Waals surface area contributed by atoms with Gasteiger partial charge in [-0.2, -0.15) is 5.10 Å². The third kappa shape index (κ3) is 2.40. The van der Waals surface area contributed by atoms with Gasteiger partial charge >= 0.3 is 0 Å². The van der Waals surface area contributed by atoms with Crippen LogP contribution in [0.3, 0.4) is 0 Å². The van der Waals surface area contributed by atoms with Gasteiger partial charge in [-0.3, -0.25) is 4.68 Å². The second-order valence-corrected chi connectivity index (χ2v) is 4.12. The molecule has 1 heterocycles. The Morgan fingerprint density at radius 3 is 2.78 bits per heavy atom. The molecule has 0 atom stereocenters. The van der Waals surface area contributed by atoms with Gasteiger partial charge in [0, 0.05) is 36.6 Å². The molecule has 96 valence electrons. The number of anilines is 1. The minimum Gasteiger partial charge on any atom is -0.504 e. The molecule has 0 aliphatic rings. The highest BCUT2D eigenvalue weighted by atomic mass is 16.5. The Labute approximate surface area is 106 Å². The Balaban J connectivity index is 2.06. The van der Waals surface area contributed by atoms with Crippen LogP contribution in [0, 0.1) is 6.92 Å². The van der Waals surface area contributed by atoms with Gasteiger partial charge in [0.2, 0.25) is 0 Å². The van der Waals surface area contributed by atoms with Crippen LogP contribution in [0.1, 0.15) is 11.3 Å². The molecule has 0 saturated heterocycles. The topological polar surface area (TPSA) is 59.3 Å². The van der Waals surface area contributed by atoms with Crippen molar-refractivity contribution < 1.29 is 9.84 Å². The molecule has 1 aromatic carbocycles. The minimum atomic E-state index is 0.130. The number of nitrogens with zero attached hydrogens (tertiary/aromatic N) is 2. The van der Waals surface area contributed by atoms with Crippen molar-refractivity contribution >= 4 is 5.69 Å². The van der Waals surface area contributed by atoms with E-state index in [2.05, 4.69) is 10.4 Å². The summed E-state index contributed by atoms with van der Waals surface area (Å²) in [6.07, 6.45) is 1.84. The lowest BCUT2D eigenvalue weighted by molar-refractivity contribution is 0.373. The summed E-state index contributed by atoms with van der Waals surface area (Å²) in [5.41, 5.74) is 3.10. The summed E-state index contributed by atoms with van der Waals surface area (Å²) in [5.74, 6) is 0.600. The number of benzene rings is 1. The summed E-state index contributed by atoms with van der Waals surface area (Å²) in [7, 11) is 3.44. The van der Waals surface area contributed by atoms with Crippen LogP contribution < -0.4 is 10.1 Å². The van der Waals surface area contributed by atoms with E-state index < -0.39 is 0 Å². The van der Waals surface area contributed by atoms with Crippen molar-refractivity contribution in [2.75, 3.05) is 12.4 Å². The van der Waals surface area contributed by atoms with Crippen molar-refractivity contribution in [3.05, 3.63) is 35.7 Å². The summed E-state index contributed by atoms with van der Waals surface area (Å²) in [4.78, 5) is 0. The summed E-state index contributed by atoms with van der Waals surface area (Å²) < 4.78 is 6.83. The SMILES string of the molecule is COc1ccc(NCc2cnn(C)c2C)cc1O. The fraction of sp³-hybridized carbons (Fsp3) is 0.308. The zero-order chi connectivity index (χ0) is 13.1. The fourth-order valence-electron chi connectivity index (χ4n) is 1.71. The number of methoxy groups -OCH3 is 1. The lowest BCUT2D eigenvalue weighted by Gasteiger charge is -2.08. The van der Waals surface area contributed by atoms with Crippen molar-refractivity contribution in [1.29, 1.82) is 0 Å². The smallest absolute Gasteiger partial charge is 0.160 e. The van der Waals surface area contributed by atoms with Crippen LogP contribution in [-0.2, 0) is 13.6 Å².